The van der Waals surface area contributed by atoms with Crippen LogP contribution in [0.3, 0.4) is 0 Å². The SMILES string of the molecule is Cc1cccc(-c2nc(C(=O)Nc3cnoc3)c(O)c(=O)n2C)c1. The van der Waals surface area contributed by atoms with Crippen molar-refractivity contribution in [2.75, 3.05) is 5.32 Å². The van der Waals surface area contributed by atoms with E-state index in [-0.39, 0.29) is 11.5 Å². The van der Waals surface area contributed by atoms with Gasteiger partial charge in [-0.15, -0.1) is 0 Å². The quantitative estimate of drug-likeness (QED) is 0.758. The summed E-state index contributed by atoms with van der Waals surface area (Å²) < 4.78 is 5.81. The Kier molecular flexibility index (Phi) is 3.87. The van der Waals surface area contributed by atoms with Gasteiger partial charge in [0, 0.05) is 12.6 Å². The van der Waals surface area contributed by atoms with Crippen molar-refractivity contribution in [2.45, 2.75) is 6.92 Å². The van der Waals surface area contributed by atoms with Crippen LogP contribution in [-0.4, -0.2) is 25.7 Å². The van der Waals surface area contributed by atoms with Crippen LogP contribution >= 0.6 is 0 Å². The zero-order valence-corrected chi connectivity index (χ0v) is 13.0. The minimum absolute atomic E-state index is 0.275. The van der Waals surface area contributed by atoms with E-state index in [2.05, 4.69) is 20.0 Å². The Labute approximate surface area is 136 Å². The molecule has 0 bridgehead atoms. The van der Waals surface area contributed by atoms with Crippen molar-refractivity contribution in [1.29, 1.82) is 0 Å². The molecule has 0 aliphatic rings. The Hall–Kier alpha value is -3.42. The highest BCUT2D eigenvalue weighted by Crippen LogP contribution is 2.20. The van der Waals surface area contributed by atoms with E-state index in [0.717, 1.165) is 5.56 Å². The Morgan fingerprint density at radius 2 is 2.17 bits per heavy atom. The Balaban J connectivity index is 2.10. The van der Waals surface area contributed by atoms with Crippen LogP contribution in [0.15, 0.2) is 46.0 Å². The highest BCUT2D eigenvalue weighted by molar-refractivity contribution is 6.04. The molecule has 0 aliphatic carbocycles. The number of hydrogen-bond acceptors (Lipinski definition) is 6. The number of aromatic hydroxyl groups is 1. The van der Waals surface area contributed by atoms with E-state index in [1.54, 1.807) is 6.07 Å². The second kappa shape index (κ2) is 5.99. The standard InChI is InChI=1S/C16H14N4O4/c1-9-4-3-5-10(6-9)14-19-12(13(21)16(23)20(14)2)15(22)18-11-7-17-24-8-11/h3-8,21H,1-2H3,(H,18,22). The Morgan fingerprint density at radius 3 is 2.83 bits per heavy atom. The van der Waals surface area contributed by atoms with Crippen molar-refractivity contribution in [2.24, 2.45) is 7.05 Å². The predicted molar refractivity (Wildman–Crippen MR) is 85.8 cm³/mol. The molecule has 0 unspecified atom stereocenters. The lowest BCUT2D eigenvalue weighted by molar-refractivity contribution is 0.101. The maximum Gasteiger partial charge on any atom is 0.296 e. The van der Waals surface area contributed by atoms with Gasteiger partial charge < -0.3 is 14.9 Å². The van der Waals surface area contributed by atoms with Crippen molar-refractivity contribution in [1.82, 2.24) is 14.7 Å². The molecule has 2 heterocycles. The van der Waals surface area contributed by atoms with E-state index in [4.69, 9.17) is 0 Å². The fraction of sp³-hybridized carbons (Fsp3) is 0.125. The number of nitrogens with zero attached hydrogens (tertiary/aromatic N) is 3. The monoisotopic (exact) mass is 326 g/mol. The second-order valence-corrected chi connectivity index (χ2v) is 5.23. The lowest BCUT2D eigenvalue weighted by Gasteiger charge is -2.11. The summed E-state index contributed by atoms with van der Waals surface area (Å²) in [5, 5.41) is 15.9. The molecule has 8 nitrogen and oxygen atoms in total. The van der Waals surface area contributed by atoms with Crippen molar-refractivity contribution in [3.8, 4) is 17.1 Å². The average Bonchev–Trinajstić information content (AvgIpc) is 3.05. The first kappa shape index (κ1) is 15.5. The predicted octanol–water partition coefficient (Wildman–Crippen LogP) is 1.70. The summed E-state index contributed by atoms with van der Waals surface area (Å²) in [5.74, 6) is -1.18. The van der Waals surface area contributed by atoms with Crippen LogP contribution in [0, 0.1) is 6.92 Å². The van der Waals surface area contributed by atoms with Gasteiger partial charge in [0.1, 0.15) is 17.8 Å². The molecule has 0 saturated carbocycles. The van der Waals surface area contributed by atoms with Gasteiger partial charge in [0.2, 0.25) is 5.75 Å². The number of benzene rings is 1. The number of amides is 1. The molecule has 0 aliphatic heterocycles. The van der Waals surface area contributed by atoms with Gasteiger partial charge in [0.05, 0.1) is 6.20 Å². The first-order valence-electron chi connectivity index (χ1n) is 7.05. The Morgan fingerprint density at radius 1 is 1.38 bits per heavy atom. The van der Waals surface area contributed by atoms with Crippen LogP contribution in [0.5, 0.6) is 5.75 Å². The summed E-state index contributed by atoms with van der Waals surface area (Å²) in [6, 6.07) is 7.33. The molecule has 2 N–H and O–H groups in total. The van der Waals surface area contributed by atoms with E-state index < -0.39 is 17.2 Å². The first-order valence-corrected chi connectivity index (χ1v) is 7.05. The summed E-state index contributed by atoms with van der Waals surface area (Å²) in [6.07, 6.45) is 2.51. The summed E-state index contributed by atoms with van der Waals surface area (Å²) in [5.41, 5.74) is 0.852. The van der Waals surface area contributed by atoms with E-state index in [1.165, 1.54) is 24.1 Å². The van der Waals surface area contributed by atoms with E-state index >= 15 is 0 Å². The smallest absolute Gasteiger partial charge is 0.296 e. The summed E-state index contributed by atoms with van der Waals surface area (Å²) >= 11 is 0. The third-order valence-electron chi connectivity index (χ3n) is 3.45. The van der Waals surface area contributed by atoms with Gasteiger partial charge in [-0.25, -0.2) is 4.98 Å². The van der Waals surface area contributed by atoms with Crippen LogP contribution in [0.25, 0.3) is 11.4 Å². The zero-order chi connectivity index (χ0) is 17.3. The molecule has 122 valence electrons. The van der Waals surface area contributed by atoms with Crippen LogP contribution in [0.2, 0.25) is 0 Å². The lowest BCUT2D eigenvalue weighted by Crippen LogP contribution is -2.25. The topological polar surface area (TPSA) is 110 Å². The molecule has 24 heavy (non-hydrogen) atoms. The van der Waals surface area contributed by atoms with E-state index in [1.807, 2.05) is 25.1 Å². The number of aryl methyl sites for hydroxylation is 1. The molecule has 2 aromatic heterocycles. The maximum atomic E-state index is 12.3. The van der Waals surface area contributed by atoms with Crippen LogP contribution in [0.4, 0.5) is 5.69 Å². The molecule has 0 atom stereocenters. The summed E-state index contributed by atoms with van der Waals surface area (Å²) in [6.45, 7) is 1.90. The fourth-order valence-corrected chi connectivity index (χ4v) is 2.25. The number of aromatic nitrogens is 3. The third kappa shape index (κ3) is 2.76. The molecular formula is C16H14N4O4. The zero-order valence-electron chi connectivity index (χ0n) is 13.0. The molecule has 3 rings (SSSR count). The van der Waals surface area contributed by atoms with Gasteiger partial charge in [-0.1, -0.05) is 28.9 Å². The first-order chi connectivity index (χ1) is 11.5. The van der Waals surface area contributed by atoms with Gasteiger partial charge in [-0.2, -0.15) is 0 Å². The molecule has 0 saturated heterocycles. The van der Waals surface area contributed by atoms with Gasteiger partial charge in [0.15, 0.2) is 5.69 Å². The van der Waals surface area contributed by atoms with Crippen molar-refractivity contribution in [3.05, 3.63) is 58.3 Å². The van der Waals surface area contributed by atoms with Gasteiger partial charge in [-0.3, -0.25) is 14.2 Å². The molecule has 0 fully saturated rings. The third-order valence-corrected chi connectivity index (χ3v) is 3.45. The maximum absolute atomic E-state index is 12.3. The molecule has 8 heteroatoms. The molecular weight excluding hydrogens is 312 g/mol. The van der Waals surface area contributed by atoms with Crippen LogP contribution in [-0.2, 0) is 7.05 Å². The van der Waals surface area contributed by atoms with Crippen LogP contribution < -0.4 is 10.9 Å². The van der Waals surface area contributed by atoms with Crippen LogP contribution in [0.1, 0.15) is 16.1 Å². The summed E-state index contributed by atoms with van der Waals surface area (Å²) in [4.78, 5) is 28.7. The van der Waals surface area contributed by atoms with Crippen molar-refractivity contribution < 1.29 is 14.4 Å². The van der Waals surface area contributed by atoms with Gasteiger partial charge in [-0.05, 0) is 13.0 Å². The molecule has 3 aromatic rings. The molecule has 1 aromatic carbocycles. The Bertz CT molecular complexity index is 961. The summed E-state index contributed by atoms with van der Waals surface area (Å²) in [7, 11) is 1.48. The largest absolute Gasteiger partial charge is 0.501 e. The molecule has 1 amide bonds. The van der Waals surface area contributed by atoms with Gasteiger partial charge >= 0.3 is 0 Å². The number of rotatable bonds is 3. The lowest BCUT2D eigenvalue weighted by atomic mass is 10.1. The van der Waals surface area contributed by atoms with Crippen molar-refractivity contribution >= 4 is 11.6 Å². The highest BCUT2D eigenvalue weighted by Gasteiger charge is 2.21. The normalized spacial score (nSPS) is 10.6. The average molecular weight is 326 g/mol. The number of carbonyl (C=O) groups excluding carboxylic acids is 1. The molecule has 0 radical (unpaired) electrons. The number of carbonyl (C=O) groups is 1. The second-order valence-electron chi connectivity index (χ2n) is 5.23. The number of nitrogens with one attached hydrogen (secondary N) is 1. The highest BCUT2D eigenvalue weighted by atomic mass is 16.5. The number of anilines is 1. The fourth-order valence-electron chi connectivity index (χ4n) is 2.25. The number of hydrogen-bond donors (Lipinski definition) is 2. The molecule has 0 spiro atoms. The van der Waals surface area contributed by atoms with E-state index in [9.17, 15) is 14.7 Å². The minimum Gasteiger partial charge on any atom is -0.501 e. The minimum atomic E-state index is -0.734. The van der Waals surface area contributed by atoms with Gasteiger partial charge in [0.25, 0.3) is 11.5 Å². The van der Waals surface area contributed by atoms with Crippen molar-refractivity contribution in [3.63, 3.8) is 0 Å². The van der Waals surface area contributed by atoms with E-state index in [0.29, 0.717) is 11.3 Å².